The summed E-state index contributed by atoms with van der Waals surface area (Å²) in [5.74, 6) is -0.336. The highest BCUT2D eigenvalue weighted by Gasteiger charge is 2.06. The minimum Gasteiger partial charge on any atom is -0.298 e. The molecule has 0 saturated heterocycles. The number of aromatic nitrogens is 1. The lowest BCUT2D eigenvalue weighted by Gasteiger charge is -1.97. The fraction of sp³-hybridized carbons (Fsp3) is 0.0526. The quantitative estimate of drug-likeness (QED) is 0.401. The van der Waals surface area contributed by atoms with E-state index in [0.29, 0.717) is 10.7 Å². The van der Waals surface area contributed by atoms with Crippen molar-refractivity contribution in [3.8, 4) is 0 Å². The van der Waals surface area contributed by atoms with E-state index in [1.807, 2.05) is 30.3 Å². The van der Waals surface area contributed by atoms with Crippen molar-refractivity contribution < 1.29 is 9.72 Å². The molecule has 3 rings (SSSR count). The third-order valence-corrected chi connectivity index (χ3v) is 4.43. The first kappa shape index (κ1) is 17.5. The Morgan fingerprint density at radius 3 is 2.77 bits per heavy atom. The molecule has 6 nitrogen and oxygen atoms in total. The zero-order valence-corrected chi connectivity index (χ0v) is 14.5. The van der Waals surface area contributed by atoms with E-state index >= 15 is 0 Å². The number of amides is 1. The minimum absolute atomic E-state index is 0.0157. The van der Waals surface area contributed by atoms with Crippen LogP contribution in [0.15, 0.2) is 66.9 Å². The molecule has 3 aromatic rings. The number of thiazole rings is 1. The lowest BCUT2D eigenvalue weighted by Crippen LogP contribution is -2.07. The summed E-state index contributed by atoms with van der Waals surface area (Å²) in [7, 11) is 0. The van der Waals surface area contributed by atoms with Crippen LogP contribution in [0.5, 0.6) is 0 Å². The van der Waals surface area contributed by atoms with Crippen molar-refractivity contribution in [1.29, 1.82) is 0 Å². The van der Waals surface area contributed by atoms with Crippen molar-refractivity contribution in [3.05, 3.63) is 93.0 Å². The van der Waals surface area contributed by atoms with E-state index in [1.165, 1.54) is 41.2 Å². The summed E-state index contributed by atoms with van der Waals surface area (Å²) in [5, 5.41) is 14.0. The first-order chi connectivity index (χ1) is 12.6. The van der Waals surface area contributed by atoms with Crippen molar-refractivity contribution in [2.75, 3.05) is 5.32 Å². The van der Waals surface area contributed by atoms with Gasteiger partial charge in [-0.1, -0.05) is 42.5 Å². The van der Waals surface area contributed by atoms with Gasteiger partial charge in [0.25, 0.3) is 5.69 Å². The molecular formula is C19H15N3O3S. The van der Waals surface area contributed by atoms with Crippen molar-refractivity contribution >= 4 is 34.1 Å². The number of carbonyl (C=O) groups is 1. The number of benzene rings is 2. The van der Waals surface area contributed by atoms with E-state index in [-0.39, 0.29) is 11.6 Å². The van der Waals surface area contributed by atoms with Crippen LogP contribution in [0.3, 0.4) is 0 Å². The van der Waals surface area contributed by atoms with Crippen LogP contribution in [0.25, 0.3) is 6.08 Å². The summed E-state index contributed by atoms with van der Waals surface area (Å²) in [5.41, 5.74) is 1.75. The van der Waals surface area contributed by atoms with Gasteiger partial charge in [0.1, 0.15) is 0 Å². The van der Waals surface area contributed by atoms with E-state index in [4.69, 9.17) is 0 Å². The zero-order valence-electron chi connectivity index (χ0n) is 13.7. The number of nitrogens with zero attached hydrogens (tertiary/aromatic N) is 2. The molecule has 26 heavy (non-hydrogen) atoms. The summed E-state index contributed by atoms with van der Waals surface area (Å²) in [6.45, 7) is 0. The first-order valence-electron chi connectivity index (χ1n) is 7.82. The van der Waals surface area contributed by atoms with Gasteiger partial charge < -0.3 is 0 Å². The average Bonchev–Trinajstić information content (AvgIpc) is 3.08. The third kappa shape index (κ3) is 4.84. The SMILES string of the molecule is O=C(/C=C/c1cccc([N+](=O)[O-])c1)Nc1ncc(Cc2ccccc2)s1. The fourth-order valence-electron chi connectivity index (χ4n) is 2.31. The maximum absolute atomic E-state index is 12.0. The van der Waals surface area contributed by atoms with Gasteiger partial charge in [-0.15, -0.1) is 11.3 Å². The monoisotopic (exact) mass is 365 g/mol. The highest BCUT2D eigenvalue weighted by atomic mass is 32.1. The summed E-state index contributed by atoms with van der Waals surface area (Å²) >= 11 is 1.42. The summed E-state index contributed by atoms with van der Waals surface area (Å²) in [4.78, 5) is 27.6. The van der Waals surface area contributed by atoms with Crippen LogP contribution in [0.4, 0.5) is 10.8 Å². The number of hydrogen-bond donors (Lipinski definition) is 1. The summed E-state index contributed by atoms with van der Waals surface area (Å²) in [6, 6.07) is 16.1. The Morgan fingerprint density at radius 1 is 1.19 bits per heavy atom. The molecule has 7 heteroatoms. The predicted octanol–water partition coefficient (Wildman–Crippen LogP) is 4.29. The van der Waals surface area contributed by atoms with Crippen molar-refractivity contribution in [3.63, 3.8) is 0 Å². The van der Waals surface area contributed by atoms with Crippen molar-refractivity contribution in [2.45, 2.75) is 6.42 Å². The van der Waals surface area contributed by atoms with Crippen LogP contribution >= 0.6 is 11.3 Å². The molecule has 1 aromatic heterocycles. The molecule has 1 amide bonds. The van der Waals surface area contributed by atoms with Crippen LogP contribution < -0.4 is 5.32 Å². The van der Waals surface area contributed by atoms with Gasteiger partial charge in [0.2, 0.25) is 5.91 Å². The summed E-state index contributed by atoms with van der Waals surface area (Å²) in [6.07, 6.45) is 5.37. The fourth-order valence-corrected chi connectivity index (χ4v) is 3.15. The molecule has 1 N–H and O–H groups in total. The minimum atomic E-state index is -0.471. The van der Waals surface area contributed by atoms with Gasteiger partial charge >= 0.3 is 0 Å². The molecule has 0 fully saturated rings. The molecule has 0 radical (unpaired) electrons. The molecule has 130 valence electrons. The lowest BCUT2D eigenvalue weighted by molar-refractivity contribution is -0.384. The van der Waals surface area contributed by atoms with E-state index in [2.05, 4.69) is 10.3 Å². The normalized spacial score (nSPS) is 10.8. The lowest BCUT2D eigenvalue weighted by atomic mass is 10.1. The third-order valence-electron chi connectivity index (χ3n) is 3.51. The Kier molecular flexibility index (Phi) is 5.50. The van der Waals surface area contributed by atoms with E-state index in [1.54, 1.807) is 18.3 Å². The molecule has 0 saturated carbocycles. The molecule has 0 aliphatic heterocycles. The van der Waals surface area contributed by atoms with Crippen LogP contribution in [0.1, 0.15) is 16.0 Å². The molecule has 0 unspecified atom stereocenters. The van der Waals surface area contributed by atoms with Crippen molar-refractivity contribution in [2.24, 2.45) is 0 Å². The summed E-state index contributed by atoms with van der Waals surface area (Å²) < 4.78 is 0. The number of hydrogen-bond acceptors (Lipinski definition) is 5. The highest BCUT2D eigenvalue weighted by molar-refractivity contribution is 7.15. The van der Waals surface area contributed by atoms with E-state index in [9.17, 15) is 14.9 Å². The van der Waals surface area contributed by atoms with Gasteiger partial charge in [-0.05, 0) is 17.2 Å². The molecule has 0 spiro atoms. The smallest absolute Gasteiger partial charge is 0.270 e. The second-order valence-electron chi connectivity index (χ2n) is 5.47. The molecule has 1 heterocycles. The standard InChI is InChI=1S/C19H15N3O3S/c23-18(10-9-15-7-4-8-16(11-15)22(24)25)21-19-20-13-17(26-19)12-14-5-2-1-3-6-14/h1-11,13H,12H2,(H,20,21,23)/b10-9+. The van der Waals surface area contributed by atoms with Crippen LogP contribution in [-0.4, -0.2) is 15.8 Å². The first-order valence-corrected chi connectivity index (χ1v) is 8.64. The number of rotatable bonds is 6. The van der Waals surface area contributed by atoms with Crippen LogP contribution in [0.2, 0.25) is 0 Å². The van der Waals surface area contributed by atoms with Gasteiger partial charge in [-0.2, -0.15) is 0 Å². The van der Waals surface area contributed by atoms with Gasteiger partial charge in [-0.25, -0.2) is 4.98 Å². The maximum Gasteiger partial charge on any atom is 0.270 e. The maximum atomic E-state index is 12.0. The Bertz CT molecular complexity index is 951. The van der Waals surface area contributed by atoms with Gasteiger partial charge in [0, 0.05) is 35.7 Å². The molecule has 0 aliphatic rings. The topological polar surface area (TPSA) is 85.1 Å². The van der Waals surface area contributed by atoms with Crippen molar-refractivity contribution in [1.82, 2.24) is 4.98 Å². The number of carbonyl (C=O) groups excluding carboxylic acids is 1. The van der Waals surface area contributed by atoms with Gasteiger partial charge in [0.15, 0.2) is 5.13 Å². The predicted molar refractivity (Wildman–Crippen MR) is 102 cm³/mol. The number of non-ortho nitro benzene ring substituents is 1. The Balaban J connectivity index is 1.60. The Morgan fingerprint density at radius 2 is 2.00 bits per heavy atom. The molecule has 2 aromatic carbocycles. The molecule has 0 atom stereocenters. The number of nitro benzene ring substituents is 1. The Labute approximate surface area is 154 Å². The number of nitro groups is 1. The largest absolute Gasteiger partial charge is 0.298 e. The van der Waals surface area contributed by atoms with E-state index < -0.39 is 4.92 Å². The zero-order chi connectivity index (χ0) is 18.4. The van der Waals surface area contributed by atoms with Gasteiger partial charge in [0.05, 0.1) is 4.92 Å². The Hall–Kier alpha value is -3.32. The number of anilines is 1. The molecular weight excluding hydrogens is 350 g/mol. The van der Waals surface area contributed by atoms with Crippen LogP contribution in [0, 0.1) is 10.1 Å². The highest BCUT2D eigenvalue weighted by Crippen LogP contribution is 2.21. The van der Waals surface area contributed by atoms with E-state index in [0.717, 1.165) is 11.3 Å². The second-order valence-corrected chi connectivity index (χ2v) is 6.58. The number of nitrogens with one attached hydrogen (secondary N) is 1. The average molecular weight is 365 g/mol. The molecule has 0 aliphatic carbocycles. The second kappa shape index (κ2) is 8.17. The molecule has 0 bridgehead atoms. The van der Waals surface area contributed by atoms with Gasteiger partial charge in [-0.3, -0.25) is 20.2 Å². The van der Waals surface area contributed by atoms with Crippen LogP contribution in [-0.2, 0) is 11.2 Å².